The van der Waals surface area contributed by atoms with E-state index in [4.69, 9.17) is 28.2 Å². The molecular formula is C31H56ClN5O2. The minimum Gasteiger partial charge on any atom is -0.400 e. The SMILES string of the molecule is C#CC/C=C/NCc1ccc(C2=CC=CNC2)nc1.C/C=C\CCl.C=NC.CC(C)C.CCO.CNC.CO. The highest BCUT2D eigenvalue weighted by Crippen LogP contribution is 2.13. The number of dihydropyridines is 1. The van der Waals surface area contributed by atoms with Crippen LogP contribution in [0.2, 0.25) is 0 Å². The second-order valence-electron chi connectivity index (χ2n) is 7.76. The third kappa shape index (κ3) is 48.7. The van der Waals surface area contributed by atoms with Crippen LogP contribution in [0, 0.1) is 18.3 Å². The molecule has 0 aromatic carbocycles. The molecule has 2 rings (SSSR count). The third-order valence-electron chi connectivity index (χ3n) is 3.06. The van der Waals surface area contributed by atoms with E-state index in [1.807, 2.05) is 63.9 Å². The number of aliphatic imine (C=N–C) groups is 1. The fraction of sp³-hybridized carbons (Fsp3) is 0.484. The highest BCUT2D eigenvalue weighted by molar-refractivity contribution is 6.18. The van der Waals surface area contributed by atoms with Gasteiger partial charge < -0.3 is 31.2 Å². The van der Waals surface area contributed by atoms with E-state index in [9.17, 15) is 0 Å². The van der Waals surface area contributed by atoms with Crippen LogP contribution < -0.4 is 16.0 Å². The zero-order chi connectivity index (χ0) is 31.2. The molecule has 0 amide bonds. The number of aliphatic hydroxyl groups is 2. The van der Waals surface area contributed by atoms with Crippen LogP contribution in [-0.4, -0.2) is 69.2 Å². The first-order valence-electron chi connectivity index (χ1n) is 12.8. The maximum atomic E-state index is 7.57. The molecule has 0 saturated heterocycles. The second kappa shape index (κ2) is 45.1. The van der Waals surface area contributed by atoms with Crippen molar-refractivity contribution in [1.82, 2.24) is 20.9 Å². The summed E-state index contributed by atoms with van der Waals surface area (Å²) < 4.78 is 0. The van der Waals surface area contributed by atoms with Gasteiger partial charge in [0.1, 0.15) is 0 Å². The lowest BCUT2D eigenvalue weighted by Crippen LogP contribution is -2.12. The van der Waals surface area contributed by atoms with Gasteiger partial charge in [0.25, 0.3) is 0 Å². The van der Waals surface area contributed by atoms with Gasteiger partial charge in [0.15, 0.2) is 0 Å². The summed E-state index contributed by atoms with van der Waals surface area (Å²) in [5.41, 5.74) is 3.37. The van der Waals surface area contributed by atoms with Gasteiger partial charge in [0.2, 0.25) is 0 Å². The predicted molar refractivity (Wildman–Crippen MR) is 176 cm³/mol. The van der Waals surface area contributed by atoms with Gasteiger partial charge in [-0.15, -0.1) is 23.9 Å². The molecule has 0 fully saturated rings. The van der Waals surface area contributed by atoms with Gasteiger partial charge in [0.05, 0.1) is 5.69 Å². The van der Waals surface area contributed by atoms with Gasteiger partial charge in [-0.3, -0.25) is 4.98 Å². The van der Waals surface area contributed by atoms with Gasteiger partial charge in [-0.1, -0.05) is 51.1 Å². The highest BCUT2D eigenvalue weighted by Gasteiger charge is 2.03. The number of nitrogens with zero attached hydrogens (tertiary/aromatic N) is 2. The summed E-state index contributed by atoms with van der Waals surface area (Å²) in [5.74, 6) is 4.02. The Balaban J connectivity index is -0.000000158. The first-order chi connectivity index (χ1) is 18.8. The Bertz CT molecular complexity index is 748. The molecule has 8 heteroatoms. The molecular weight excluding hydrogens is 510 g/mol. The number of hydrogen-bond donors (Lipinski definition) is 5. The van der Waals surface area contributed by atoms with Crippen LogP contribution in [0.15, 0.2) is 66.1 Å². The number of aliphatic hydroxyl groups excluding tert-OH is 2. The number of alkyl halides is 1. The van der Waals surface area contributed by atoms with Crippen LogP contribution in [0.3, 0.4) is 0 Å². The van der Waals surface area contributed by atoms with Crippen LogP contribution >= 0.6 is 11.6 Å². The minimum atomic E-state index is 0.250. The van der Waals surface area contributed by atoms with Crippen molar-refractivity contribution in [3.8, 4) is 12.3 Å². The molecule has 0 spiro atoms. The molecule has 0 bridgehead atoms. The summed E-state index contributed by atoms with van der Waals surface area (Å²) in [6, 6.07) is 4.14. The molecule has 1 aromatic heterocycles. The Labute approximate surface area is 245 Å². The first-order valence-corrected chi connectivity index (χ1v) is 13.3. The average Bonchev–Trinajstić information content (AvgIpc) is 2.93. The molecule has 0 radical (unpaired) electrons. The van der Waals surface area contributed by atoms with E-state index in [1.54, 1.807) is 14.0 Å². The van der Waals surface area contributed by atoms with Crippen molar-refractivity contribution < 1.29 is 10.2 Å². The molecule has 0 saturated carbocycles. The Kier molecular flexibility index (Phi) is 53.1. The van der Waals surface area contributed by atoms with E-state index in [1.165, 1.54) is 5.57 Å². The number of pyridine rings is 1. The lowest BCUT2D eigenvalue weighted by atomic mass is 10.1. The quantitative estimate of drug-likeness (QED) is 0.136. The standard InChI is InChI=1S/C16H17N3.C4H7Cl.C4H10.C2H7N.C2H5N.C2H6O.CH4O/c1-2-3-4-9-17-11-14-7-8-16(19-12-14)15-6-5-10-18-13-15;1-2-3-4-5;1-4(2)3;2*1-3-2;1-2-3;1-2/h1,4-10,12,17-18H,3,11,13H2;2-3H,4H2,1H3;4H,1-3H3;3H,1-2H3;1H2,2H3;3H,2H2,1H3;2H,1H3/b9-4+;3-2-;;;;;. The van der Waals surface area contributed by atoms with Crippen molar-refractivity contribution >= 4 is 23.9 Å². The van der Waals surface area contributed by atoms with E-state index in [0.717, 1.165) is 37.4 Å². The van der Waals surface area contributed by atoms with E-state index in [2.05, 4.69) is 77.5 Å². The first kappa shape index (κ1) is 46.0. The van der Waals surface area contributed by atoms with Gasteiger partial charge >= 0.3 is 0 Å². The summed E-state index contributed by atoms with van der Waals surface area (Å²) in [5, 5.41) is 23.7. The maximum Gasteiger partial charge on any atom is 0.0679 e. The van der Waals surface area contributed by atoms with Crippen LogP contribution in [0.1, 0.15) is 52.3 Å². The molecule has 2 heterocycles. The van der Waals surface area contributed by atoms with Gasteiger partial charge in [-0.05, 0) is 76.3 Å². The average molecular weight is 566 g/mol. The fourth-order valence-electron chi connectivity index (χ4n) is 1.83. The molecule has 1 aromatic rings. The fourth-order valence-corrected chi connectivity index (χ4v) is 2.01. The zero-order valence-corrected chi connectivity index (χ0v) is 26.6. The lowest BCUT2D eigenvalue weighted by molar-refractivity contribution is 0.318. The topological polar surface area (TPSA) is 102 Å². The summed E-state index contributed by atoms with van der Waals surface area (Å²) >= 11 is 5.21. The third-order valence-corrected chi connectivity index (χ3v) is 3.24. The highest BCUT2D eigenvalue weighted by atomic mass is 35.5. The summed E-state index contributed by atoms with van der Waals surface area (Å²) in [7, 11) is 6.39. The molecule has 1 aliphatic heterocycles. The van der Waals surface area contributed by atoms with Crippen molar-refractivity contribution in [2.24, 2.45) is 10.9 Å². The van der Waals surface area contributed by atoms with Crippen molar-refractivity contribution in [3.63, 3.8) is 0 Å². The van der Waals surface area contributed by atoms with E-state index >= 15 is 0 Å². The van der Waals surface area contributed by atoms with Gasteiger partial charge in [0, 0.05) is 52.4 Å². The number of aromatic nitrogens is 1. The number of rotatable bonds is 6. The molecule has 39 heavy (non-hydrogen) atoms. The summed E-state index contributed by atoms with van der Waals surface area (Å²) in [4.78, 5) is 7.73. The van der Waals surface area contributed by atoms with E-state index in [-0.39, 0.29) is 6.61 Å². The van der Waals surface area contributed by atoms with Crippen LogP contribution in [0.4, 0.5) is 0 Å². The number of hydrogen-bond acceptors (Lipinski definition) is 7. The number of terminal acetylenes is 1. The maximum absolute atomic E-state index is 7.57. The van der Waals surface area contributed by atoms with Crippen molar-refractivity contribution in [2.75, 3.05) is 47.3 Å². The second-order valence-corrected chi connectivity index (χ2v) is 8.07. The Morgan fingerprint density at radius 3 is 2.13 bits per heavy atom. The van der Waals surface area contributed by atoms with Crippen LogP contribution in [-0.2, 0) is 6.54 Å². The largest absolute Gasteiger partial charge is 0.400 e. The Hall–Kier alpha value is -2.89. The lowest BCUT2D eigenvalue weighted by Gasteiger charge is -2.10. The van der Waals surface area contributed by atoms with E-state index in [0.29, 0.717) is 12.3 Å². The zero-order valence-electron chi connectivity index (χ0n) is 25.8. The molecule has 5 N–H and O–H groups in total. The summed E-state index contributed by atoms with van der Waals surface area (Å²) in [6.45, 7) is 15.1. The Morgan fingerprint density at radius 1 is 1.26 bits per heavy atom. The molecule has 0 aliphatic carbocycles. The normalized spacial score (nSPS) is 10.3. The number of halogens is 1. The smallest absolute Gasteiger partial charge is 0.0679 e. The van der Waals surface area contributed by atoms with Crippen molar-refractivity contribution in [1.29, 1.82) is 0 Å². The summed E-state index contributed by atoms with van der Waals surface area (Å²) in [6.07, 6.45) is 21.3. The van der Waals surface area contributed by atoms with Gasteiger partial charge in [-0.2, -0.15) is 0 Å². The van der Waals surface area contributed by atoms with Crippen molar-refractivity contribution in [3.05, 3.63) is 72.4 Å². The molecule has 0 atom stereocenters. The molecule has 0 unspecified atom stereocenters. The Morgan fingerprint density at radius 2 is 1.79 bits per heavy atom. The molecule has 224 valence electrons. The van der Waals surface area contributed by atoms with Gasteiger partial charge in [-0.25, -0.2) is 0 Å². The van der Waals surface area contributed by atoms with Crippen molar-refractivity contribution in [2.45, 2.75) is 47.6 Å². The van der Waals surface area contributed by atoms with Crippen LogP contribution in [0.5, 0.6) is 0 Å². The molecule has 7 nitrogen and oxygen atoms in total. The van der Waals surface area contributed by atoms with E-state index < -0.39 is 0 Å². The van der Waals surface area contributed by atoms with Crippen LogP contribution in [0.25, 0.3) is 5.57 Å². The molecule has 1 aliphatic rings. The monoisotopic (exact) mass is 565 g/mol. The number of nitrogens with one attached hydrogen (secondary N) is 3. The minimum absolute atomic E-state index is 0.250. The predicted octanol–water partition coefficient (Wildman–Crippen LogP) is 5.43. The number of allylic oxidation sites excluding steroid dienone is 5.